The highest BCUT2D eigenvalue weighted by Crippen LogP contribution is 1.93. The van der Waals surface area contributed by atoms with Gasteiger partial charge in [0.15, 0.2) is 0 Å². The number of hydrogen-bond donors (Lipinski definition) is 0. The van der Waals surface area contributed by atoms with Crippen LogP contribution in [0.4, 0.5) is 0 Å². The first kappa shape index (κ1) is 10.9. The molecule has 11 heavy (non-hydrogen) atoms. The van der Waals surface area contributed by atoms with Gasteiger partial charge in [-0.25, -0.2) is 16.8 Å². The van der Waals surface area contributed by atoms with Crippen molar-refractivity contribution in [2.75, 3.05) is 12.0 Å². The molecule has 67 valence electrons. The van der Waals surface area contributed by atoms with Gasteiger partial charge in [0, 0.05) is 4.13 Å². The highest BCUT2D eigenvalue weighted by atomic mass is 32.3. The van der Waals surface area contributed by atoms with Crippen LogP contribution in [0.3, 0.4) is 0 Å². The van der Waals surface area contributed by atoms with E-state index >= 15 is 0 Å². The molecule has 0 fully saturated rings. The van der Waals surface area contributed by atoms with Gasteiger partial charge in [0.1, 0.15) is 0 Å². The minimum atomic E-state index is -3.77. The Labute approximate surface area is 66.9 Å². The predicted octanol–water partition coefficient (Wildman–Crippen LogP) is -0.710. The van der Waals surface area contributed by atoms with Gasteiger partial charge >= 0.3 is 0 Å². The lowest BCUT2D eigenvalue weighted by Crippen LogP contribution is -2.24. The lowest BCUT2D eigenvalue weighted by molar-refractivity contribution is 0.578. The average molecular weight is 200 g/mol. The molecular weight excluding hydrogens is 190 g/mol. The van der Waals surface area contributed by atoms with E-state index in [1.807, 2.05) is 0 Å². The van der Waals surface area contributed by atoms with Crippen molar-refractivity contribution in [1.29, 1.82) is 0 Å². The summed E-state index contributed by atoms with van der Waals surface area (Å²) in [5.74, 6) is -0.222. The molecule has 0 aromatic heterocycles. The van der Waals surface area contributed by atoms with Crippen LogP contribution in [0, 0.1) is 0 Å². The molecule has 0 aliphatic carbocycles. The first-order chi connectivity index (χ1) is 4.77. The Morgan fingerprint density at radius 1 is 1.18 bits per heavy atom. The second-order valence-corrected chi connectivity index (χ2v) is 5.73. The van der Waals surface area contributed by atoms with E-state index in [2.05, 4.69) is 4.13 Å². The molecule has 0 heterocycles. The topological polar surface area (TPSA) is 82.4 Å². The smallest absolute Gasteiger partial charge is 0.210 e. The lowest BCUT2D eigenvalue weighted by atomic mass is 10.6. The third-order valence-electron chi connectivity index (χ3n) is 0.711. The van der Waals surface area contributed by atoms with E-state index in [0.717, 1.165) is 6.26 Å². The van der Waals surface area contributed by atoms with E-state index in [4.69, 9.17) is 0 Å². The summed E-state index contributed by atoms with van der Waals surface area (Å²) < 4.78 is 44.8. The number of sulfonamides is 2. The molecule has 0 spiro atoms. The molecule has 5 nitrogen and oxygen atoms in total. The summed E-state index contributed by atoms with van der Waals surface area (Å²) in [7, 11) is -7.52. The summed E-state index contributed by atoms with van der Waals surface area (Å²) in [6.07, 6.45) is 1.11. The van der Waals surface area contributed by atoms with Crippen LogP contribution in [0.25, 0.3) is 0 Å². The summed E-state index contributed by atoms with van der Waals surface area (Å²) in [6.45, 7) is 1.63. The minimum absolute atomic E-state index is 0.222. The van der Waals surface area contributed by atoms with Crippen molar-refractivity contribution in [2.24, 2.45) is 0 Å². The van der Waals surface area contributed by atoms with Gasteiger partial charge < -0.3 is 0 Å². The quantitative estimate of drug-likeness (QED) is 0.600. The molecule has 0 unspecified atom stereocenters. The molecule has 0 aliphatic heterocycles. The van der Waals surface area contributed by atoms with Gasteiger partial charge in [0.05, 0.1) is 12.0 Å². The van der Waals surface area contributed by atoms with Crippen LogP contribution in [0.2, 0.25) is 0 Å². The van der Waals surface area contributed by atoms with Crippen molar-refractivity contribution in [3.8, 4) is 0 Å². The molecule has 0 N–H and O–H groups in total. The van der Waals surface area contributed by atoms with E-state index in [1.165, 1.54) is 0 Å². The van der Waals surface area contributed by atoms with Gasteiger partial charge in [0.2, 0.25) is 20.0 Å². The number of rotatable bonds is 4. The van der Waals surface area contributed by atoms with Gasteiger partial charge in [-0.1, -0.05) is 6.92 Å². The van der Waals surface area contributed by atoms with Crippen molar-refractivity contribution >= 4 is 20.0 Å². The highest BCUT2D eigenvalue weighted by Gasteiger charge is 2.17. The maximum Gasteiger partial charge on any atom is 0.242 e. The van der Waals surface area contributed by atoms with Gasteiger partial charge in [-0.3, -0.25) is 0 Å². The van der Waals surface area contributed by atoms with E-state index in [0.29, 0.717) is 6.42 Å². The van der Waals surface area contributed by atoms with Crippen LogP contribution in [0.15, 0.2) is 0 Å². The molecule has 7 heteroatoms. The molecule has 0 aliphatic rings. The van der Waals surface area contributed by atoms with Gasteiger partial charge in [-0.2, -0.15) is 0 Å². The Morgan fingerprint density at radius 2 is 1.64 bits per heavy atom. The Balaban J connectivity index is 4.40. The first-order valence-corrected chi connectivity index (χ1v) is 6.39. The van der Waals surface area contributed by atoms with E-state index in [1.54, 1.807) is 6.92 Å². The molecule has 1 radical (unpaired) electrons. The van der Waals surface area contributed by atoms with Crippen LogP contribution in [0.1, 0.15) is 13.3 Å². The fourth-order valence-corrected chi connectivity index (χ4v) is 2.97. The molecule has 0 atom stereocenters. The fourth-order valence-electron chi connectivity index (χ4n) is 0.502. The molecule has 0 aromatic carbocycles. The van der Waals surface area contributed by atoms with Crippen molar-refractivity contribution < 1.29 is 16.8 Å². The van der Waals surface area contributed by atoms with Crippen molar-refractivity contribution in [1.82, 2.24) is 4.13 Å². The molecule has 0 saturated heterocycles. The standard InChI is InChI=1S/C4H10NO4S2/c1-3-4-11(8,9)5-10(2,6)7/h3-4H2,1-2H3. The van der Waals surface area contributed by atoms with Crippen LogP contribution in [0.5, 0.6) is 0 Å². The van der Waals surface area contributed by atoms with Crippen LogP contribution in [-0.2, 0) is 20.0 Å². The van der Waals surface area contributed by atoms with E-state index < -0.39 is 20.0 Å². The van der Waals surface area contributed by atoms with Crippen molar-refractivity contribution in [3.05, 3.63) is 0 Å². The lowest BCUT2D eigenvalue weighted by Gasteiger charge is -1.97. The number of hydrogen-bond acceptors (Lipinski definition) is 4. The first-order valence-electron chi connectivity index (χ1n) is 2.94. The molecular formula is C4H10NO4S2. The molecule has 0 bridgehead atoms. The Bertz CT molecular complexity index is 301. The van der Waals surface area contributed by atoms with E-state index in [-0.39, 0.29) is 5.75 Å². The second-order valence-electron chi connectivity index (χ2n) is 2.09. The summed E-state index contributed by atoms with van der Waals surface area (Å²) in [5.41, 5.74) is 0. The zero-order valence-electron chi connectivity index (χ0n) is 6.31. The number of nitrogens with zero attached hydrogens (tertiary/aromatic N) is 1. The maximum absolute atomic E-state index is 10.7. The Morgan fingerprint density at radius 3 is 1.91 bits per heavy atom. The zero-order chi connectivity index (χ0) is 9.12. The van der Waals surface area contributed by atoms with E-state index in [9.17, 15) is 16.8 Å². The minimum Gasteiger partial charge on any atom is -0.210 e. The average Bonchev–Trinajstić information content (AvgIpc) is 1.55. The van der Waals surface area contributed by atoms with Crippen LogP contribution >= 0.6 is 0 Å². The van der Waals surface area contributed by atoms with Crippen molar-refractivity contribution in [3.63, 3.8) is 0 Å². The van der Waals surface area contributed by atoms with Gasteiger partial charge in [-0.15, -0.1) is 0 Å². The third kappa shape index (κ3) is 6.27. The summed E-state index contributed by atoms with van der Waals surface area (Å²) in [6, 6.07) is 0. The highest BCUT2D eigenvalue weighted by molar-refractivity contribution is 8.04. The summed E-state index contributed by atoms with van der Waals surface area (Å²) in [4.78, 5) is 0. The Hall–Kier alpha value is -0.140. The normalized spacial score (nSPS) is 13.3. The largest absolute Gasteiger partial charge is 0.242 e. The van der Waals surface area contributed by atoms with Gasteiger partial charge in [-0.05, 0) is 6.42 Å². The predicted molar refractivity (Wildman–Crippen MR) is 41.1 cm³/mol. The van der Waals surface area contributed by atoms with Crippen LogP contribution < -0.4 is 4.13 Å². The van der Waals surface area contributed by atoms with Crippen molar-refractivity contribution in [2.45, 2.75) is 13.3 Å². The second kappa shape index (κ2) is 3.51. The van der Waals surface area contributed by atoms with Crippen LogP contribution in [-0.4, -0.2) is 28.8 Å². The third-order valence-corrected chi connectivity index (χ3v) is 3.63. The fraction of sp³-hybridized carbons (Fsp3) is 1.00. The van der Waals surface area contributed by atoms with Gasteiger partial charge in [0.25, 0.3) is 0 Å². The monoisotopic (exact) mass is 200 g/mol. The molecule has 0 aromatic rings. The Kier molecular flexibility index (Phi) is 3.46. The SMILES string of the molecule is CCCS(=O)(=O)[N]S(C)(=O)=O. The summed E-state index contributed by atoms with van der Waals surface area (Å²) >= 11 is 0. The maximum atomic E-state index is 10.7. The summed E-state index contributed by atoms with van der Waals surface area (Å²) in [5, 5.41) is 0. The molecule has 0 saturated carbocycles. The molecule has 0 amide bonds. The zero-order valence-corrected chi connectivity index (χ0v) is 7.94. The molecule has 0 rings (SSSR count).